The SMILES string of the molecule is O=C(CC1CSc2nccc(=O)n21)Nc1cc(N2CCCCC2)ncn1. The summed E-state index contributed by atoms with van der Waals surface area (Å²) >= 11 is 1.50. The van der Waals surface area contributed by atoms with Crippen LogP contribution in [0.5, 0.6) is 0 Å². The van der Waals surface area contributed by atoms with Gasteiger partial charge in [-0.25, -0.2) is 15.0 Å². The maximum absolute atomic E-state index is 12.4. The van der Waals surface area contributed by atoms with Gasteiger partial charge in [0.05, 0.1) is 6.04 Å². The number of carbonyl (C=O) groups is 1. The lowest BCUT2D eigenvalue weighted by Gasteiger charge is -2.27. The van der Waals surface area contributed by atoms with Gasteiger partial charge in [0, 0.05) is 43.6 Å². The van der Waals surface area contributed by atoms with E-state index in [2.05, 4.69) is 25.2 Å². The number of aromatic nitrogens is 4. The molecule has 1 amide bonds. The number of thioether (sulfide) groups is 1. The monoisotopic (exact) mass is 372 g/mol. The summed E-state index contributed by atoms with van der Waals surface area (Å²) in [4.78, 5) is 39.4. The van der Waals surface area contributed by atoms with Crippen LogP contribution in [-0.2, 0) is 4.79 Å². The quantitative estimate of drug-likeness (QED) is 0.817. The Morgan fingerprint density at radius 3 is 2.92 bits per heavy atom. The van der Waals surface area contributed by atoms with Gasteiger partial charge in [-0.2, -0.15) is 0 Å². The number of hydrogen-bond donors (Lipinski definition) is 1. The van der Waals surface area contributed by atoms with E-state index in [1.54, 1.807) is 4.57 Å². The van der Waals surface area contributed by atoms with Crippen LogP contribution >= 0.6 is 11.8 Å². The summed E-state index contributed by atoms with van der Waals surface area (Å²) in [5, 5.41) is 3.51. The molecule has 1 atom stereocenters. The zero-order valence-corrected chi connectivity index (χ0v) is 15.1. The molecule has 0 spiro atoms. The standard InChI is InChI=1S/C17H20N6O2S/c24-15(8-12-10-26-17-18-5-4-16(25)23(12)17)21-13-9-14(20-11-19-13)22-6-2-1-3-7-22/h4-5,9,11-12H,1-3,6-8,10H2,(H,19,20,21,24). The molecule has 0 radical (unpaired) electrons. The van der Waals surface area contributed by atoms with E-state index >= 15 is 0 Å². The predicted octanol–water partition coefficient (Wildman–Crippen LogP) is 1.70. The van der Waals surface area contributed by atoms with Crippen molar-refractivity contribution in [1.82, 2.24) is 19.5 Å². The summed E-state index contributed by atoms with van der Waals surface area (Å²) in [6.07, 6.45) is 6.77. The van der Waals surface area contributed by atoms with Gasteiger partial charge in [0.1, 0.15) is 18.0 Å². The topological polar surface area (TPSA) is 93.0 Å². The normalized spacial score (nSPS) is 19.2. The molecule has 8 nitrogen and oxygen atoms in total. The summed E-state index contributed by atoms with van der Waals surface area (Å²) in [7, 11) is 0. The molecule has 2 aromatic heterocycles. The van der Waals surface area contributed by atoms with Gasteiger partial charge in [-0.1, -0.05) is 11.8 Å². The molecule has 1 saturated heterocycles. The highest BCUT2D eigenvalue weighted by Gasteiger charge is 2.27. The number of hydrogen-bond acceptors (Lipinski definition) is 7. The van der Waals surface area contributed by atoms with E-state index in [1.165, 1.54) is 36.8 Å². The Morgan fingerprint density at radius 2 is 2.08 bits per heavy atom. The summed E-state index contributed by atoms with van der Waals surface area (Å²) in [5.41, 5.74) is -0.118. The average molecular weight is 372 g/mol. The highest BCUT2D eigenvalue weighted by atomic mass is 32.2. The summed E-state index contributed by atoms with van der Waals surface area (Å²) in [5.74, 6) is 1.84. The molecule has 26 heavy (non-hydrogen) atoms. The van der Waals surface area contributed by atoms with E-state index in [1.807, 2.05) is 6.07 Å². The van der Waals surface area contributed by atoms with Crippen molar-refractivity contribution < 1.29 is 4.79 Å². The van der Waals surface area contributed by atoms with Crippen LogP contribution in [0.25, 0.3) is 0 Å². The van der Waals surface area contributed by atoms with Crippen molar-refractivity contribution in [3.05, 3.63) is 35.0 Å². The van der Waals surface area contributed by atoms with Crippen LogP contribution in [0, 0.1) is 0 Å². The third-order valence-corrected chi connectivity index (χ3v) is 5.75. The second kappa shape index (κ2) is 7.45. The Hall–Kier alpha value is -2.42. The van der Waals surface area contributed by atoms with Gasteiger partial charge in [-0.15, -0.1) is 0 Å². The third kappa shape index (κ3) is 3.57. The first-order valence-corrected chi connectivity index (χ1v) is 9.76. The van der Waals surface area contributed by atoms with Crippen molar-refractivity contribution in [2.75, 3.05) is 29.1 Å². The second-order valence-corrected chi connectivity index (χ2v) is 7.45. The van der Waals surface area contributed by atoms with Crippen molar-refractivity contribution in [2.24, 2.45) is 0 Å². The largest absolute Gasteiger partial charge is 0.356 e. The molecule has 0 bridgehead atoms. The number of amides is 1. The zero-order chi connectivity index (χ0) is 17.9. The lowest BCUT2D eigenvalue weighted by molar-refractivity contribution is -0.116. The Balaban J connectivity index is 1.42. The Kier molecular flexibility index (Phi) is 4.87. The number of nitrogens with zero attached hydrogens (tertiary/aromatic N) is 5. The minimum atomic E-state index is -0.181. The molecule has 0 aliphatic carbocycles. The van der Waals surface area contributed by atoms with Gasteiger partial charge < -0.3 is 10.2 Å². The van der Waals surface area contributed by atoms with Crippen LogP contribution in [0.3, 0.4) is 0 Å². The molecular formula is C17H20N6O2S. The third-order valence-electron chi connectivity index (χ3n) is 4.64. The first kappa shape index (κ1) is 17.0. The molecule has 1 unspecified atom stereocenters. The van der Waals surface area contributed by atoms with E-state index in [9.17, 15) is 9.59 Å². The van der Waals surface area contributed by atoms with E-state index in [0.717, 1.165) is 31.7 Å². The Morgan fingerprint density at radius 1 is 1.23 bits per heavy atom. The van der Waals surface area contributed by atoms with Crippen LogP contribution in [0.15, 0.2) is 34.6 Å². The van der Waals surface area contributed by atoms with E-state index < -0.39 is 0 Å². The summed E-state index contributed by atoms with van der Waals surface area (Å²) in [6.45, 7) is 1.97. The van der Waals surface area contributed by atoms with E-state index in [0.29, 0.717) is 16.7 Å². The fraction of sp³-hybridized carbons (Fsp3) is 0.471. The minimum absolute atomic E-state index is 0.118. The molecular weight excluding hydrogens is 352 g/mol. The van der Waals surface area contributed by atoms with Crippen LogP contribution in [0.4, 0.5) is 11.6 Å². The van der Waals surface area contributed by atoms with E-state index in [-0.39, 0.29) is 23.9 Å². The molecule has 2 aromatic rings. The summed E-state index contributed by atoms with van der Waals surface area (Å²) < 4.78 is 1.60. The minimum Gasteiger partial charge on any atom is -0.356 e. The average Bonchev–Trinajstić information content (AvgIpc) is 3.07. The highest BCUT2D eigenvalue weighted by molar-refractivity contribution is 7.99. The Bertz CT molecular complexity index is 864. The first-order chi connectivity index (χ1) is 12.7. The molecule has 9 heteroatoms. The lowest BCUT2D eigenvalue weighted by Crippen LogP contribution is -2.30. The second-order valence-electron chi connectivity index (χ2n) is 6.46. The van der Waals surface area contributed by atoms with Gasteiger partial charge >= 0.3 is 0 Å². The molecule has 1 N–H and O–H groups in total. The van der Waals surface area contributed by atoms with Crippen molar-refractivity contribution >= 4 is 29.3 Å². The molecule has 2 aliphatic rings. The van der Waals surface area contributed by atoms with Gasteiger partial charge in [-0.3, -0.25) is 14.2 Å². The molecule has 4 heterocycles. The van der Waals surface area contributed by atoms with Crippen LogP contribution in [0.1, 0.15) is 31.7 Å². The van der Waals surface area contributed by atoms with Crippen molar-refractivity contribution in [1.29, 1.82) is 0 Å². The smallest absolute Gasteiger partial charge is 0.254 e. The van der Waals surface area contributed by atoms with Gasteiger partial charge in [0.25, 0.3) is 5.56 Å². The number of carbonyl (C=O) groups excluding carboxylic acids is 1. The van der Waals surface area contributed by atoms with Crippen molar-refractivity contribution in [2.45, 2.75) is 36.9 Å². The number of nitrogens with one attached hydrogen (secondary N) is 1. The predicted molar refractivity (Wildman–Crippen MR) is 99.6 cm³/mol. The van der Waals surface area contributed by atoms with Gasteiger partial charge in [-0.05, 0) is 19.3 Å². The van der Waals surface area contributed by atoms with Crippen LogP contribution < -0.4 is 15.8 Å². The highest BCUT2D eigenvalue weighted by Crippen LogP contribution is 2.31. The Labute approximate surface area is 155 Å². The molecule has 4 rings (SSSR count). The maximum atomic E-state index is 12.4. The fourth-order valence-electron chi connectivity index (χ4n) is 3.36. The molecule has 0 saturated carbocycles. The number of rotatable bonds is 4. The summed E-state index contributed by atoms with van der Waals surface area (Å²) in [6, 6.07) is 3.06. The van der Waals surface area contributed by atoms with Crippen LogP contribution in [0.2, 0.25) is 0 Å². The lowest BCUT2D eigenvalue weighted by atomic mass is 10.1. The van der Waals surface area contributed by atoms with Crippen LogP contribution in [-0.4, -0.2) is 44.3 Å². The first-order valence-electron chi connectivity index (χ1n) is 8.78. The molecule has 0 aromatic carbocycles. The number of anilines is 2. The maximum Gasteiger partial charge on any atom is 0.254 e. The van der Waals surface area contributed by atoms with Gasteiger partial charge in [0.15, 0.2) is 5.16 Å². The zero-order valence-electron chi connectivity index (χ0n) is 14.3. The molecule has 1 fully saturated rings. The molecule has 2 aliphatic heterocycles. The number of fused-ring (bicyclic) bond motifs is 1. The molecule has 136 valence electrons. The number of piperidine rings is 1. The van der Waals surface area contributed by atoms with E-state index in [4.69, 9.17) is 0 Å². The fourth-order valence-corrected chi connectivity index (χ4v) is 4.48. The van der Waals surface area contributed by atoms with Gasteiger partial charge in [0.2, 0.25) is 5.91 Å². The van der Waals surface area contributed by atoms with Crippen molar-refractivity contribution in [3.63, 3.8) is 0 Å². The van der Waals surface area contributed by atoms with Crippen molar-refractivity contribution in [3.8, 4) is 0 Å².